The smallest absolute Gasteiger partial charge is 0.255 e. The zero-order valence-electron chi connectivity index (χ0n) is 26.2. The number of nitrogens with one attached hydrogen (secondary N) is 1. The number of ether oxygens (including phenoxy) is 2. The summed E-state index contributed by atoms with van der Waals surface area (Å²) in [6.45, 7) is 4.72. The summed E-state index contributed by atoms with van der Waals surface area (Å²) in [4.78, 5) is 13.3. The summed E-state index contributed by atoms with van der Waals surface area (Å²) in [6, 6.07) is 26.0. The minimum atomic E-state index is -3.74. The van der Waals surface area contributed by atoms with Crippen LogP contribution >= 0.6 is 0 Å². The fourth-order valence-electron chi connectivity index (χ4n) is 5.47. The Morgan fingerprint density at radius 2 is 1.66 bits per heavy atom. The van der Waals surface area contributed by atoms with Gasteiger partial charge in [-0.3, -0.25) is 9.10 Å². The van der Waals surface area contributed by atoms with Crippen LogP contribution in [0.1, 0.15) is 40.2 Å². The Morgan fingerprint density at radius 3 is 2.28 bits per heavy atom. The molecule has 1 fully saturated rings. The van der Waals surface area contributed by atoms with Gasteiger partial charge in [-0.1, -0.05) is 36.9 Å². The van der Waals surface area contributed by atoms with Crippen molar-refractivity contribution in [2.24, 2.45) is 0 Å². The Labute approximate surface area is 273 Å². The number of carbonyl (C=O) groups is 1. The van der Waals surface area contributed by atoms with E-state index in [1.165, 1.54) is 34.8 Å². The van der Waals surface area contributed by atoms with Crippen molar-refractivity contribution in [2.75, 3.05) is 30.8 Å². The SMILES string of the molecule is C=C(COCc1ccccc1)CN(c1cc2oc(-c3ccc(Oc4ccc(F)cc4)cc3)c(C(=O)NC)c2cc1C1CC1)S(C)(=O)=O. The summed E-state index contributed by atoms with van der Waals surface area (Å²) >= 11 is 0. The van der Waals surface area contributed by atoms with Crippen molar-refractivity contribution in [3.8, 4) is 22.8 Å². The third-order valence-corrected chi connectivity index (χ3v) is 9.05. The van der Waals surface area contributed by atoms with Gasteiger partial charge in [0, 0.05) is 24.1 Å². The molecule has 1 amide bonds. The number of nitrogens with zero attached hydrogens (tertiary/aromatic N) is 1. The largest absolute Gasteiger partial charge is 0.457 e. The number of sulfonamides is 1. The number of rotatable bonds is 13. The predicted octanol–water partition coefficient (Wildman–Crippen LogP) is 7.81. The summed E-state index contributed by atoms with van der Waals surface area (Å²) in [7, 11) is -2.18. The first-order valence-electron chi connectivity index (χ1n) is 15.2. The molecule has 5 aromatic rings. The standard InChI is InChI=1S/C37H35FN2O6S/c1-24(22-44-23-25-7-5-4-6-8-25)21-40(47(3,42)43)33-20-34-32(19-31(33)26-9-10-26)35(37(41)39-2)36(46-34)27-11-15-29(16-12-27)45-30-17-13-28(38)14-18-30/h4-8,11-20,26H,1,9-10,21-23H2,2-3H3,(H,39,41). The second-order valence-electron chi connectivity index (χ2n) is 11.6. The summed E-state index contributed by atoms with van der Waals surface area (Å²) in [5.41, 5.74) is 4.31. The summed E-state index contributed by atoms with van der Waals surface area (Å²) in [5.74, 6) is 0.813. The van der Waals surface area contributed by atoms with E-state index >= 15 is 0 Å². The van der Waals surface area contributed by atoms with Crippen molar-refractivity contribution in [2.45, 2.75) is 25.4 Å². The fourth-order valence-corrected chi connectivity index (χ4v) is 6.40. The van der Waals surface area contributed by atoms with Crippen molar-refractivity contribution in [3.63, 3.8) is 0 Å². The Kier molecular flexibility index (Phi) is 9.15. The van der Waals surface area contributed by atoms with E-state index in [0.717, 1.165) is 24.0 Å². The molecular weight excluding hydrogens is 619 g/mol. The lowest BCUT2D eigenvalue weighted by Gasteiger charge is -2.26. The number of carbonyl (C=O) groups excluding carboxylic acids is 1. The number of furan rings is 1. The second-order valence-corrected chi connectivity index (χ2v) is 13.6. The Hall–Kier alpha value is -4.93. The molecule has 0 unspecified atom stereocenters. The summed E-state index contributed by atoms with van der Waals surface area (Å²) < 4.78 is 59.1. The highest BCUT2D eigenvalue weighted by Crippen LogP contribution is 2.48. The van der Waals surface area contributed by atoms with Gasteiger partial charge >= 0.3 is 0 Å². The maximum atomic E-state index is 13.3. The minimum absolute atomic E-state index is 0.0320. The zero-order valence-corrected chi connectivity index (χ0v) is 27.0. The molecule has 0 bridgehead atoms. The van der Waals surface area contributed by atoms with E-state index in [2.05, 4.69) is 11.9 Å². The van der Waals surface area contributed by atoms with Crippen LogP contribution < -0.4 is 14.4 Å². The third-order valence-electron chi connectivity index (χ3n) is 7.93. The highest BCUT2D eigenvalue weighted by molar-refractivity contribution is 7.92. The molecule has 1 N–H and O–H groups in total. The van der Waals surface area contributed by atoms with Crippen molar-refractivity contribution >= 4 is 32.6 Å². The maximum absolute atomic E-state index is 13.3. The summed E-state index contributed by atoms with van der Waals surface area (Å²) in [5, 5.41) is 3.31. The van der Waals surface area contributed by atoms with Gasteiger partial charge < -0.3 is 19.2 Å². The second kappa shape index (κ2) is 13.4. The van der Waals surface area contributed by atoms with Crippen LogP contribution in [0.2, 0.25) is 0 Å². The van der Waals surface area contributed by atoms with Gasteiger partial charge in [0.1, 0.15) is 28.7 Å². The van der Waals surface area contributed by atoms with Crippen LogP contribution in [0.15, 0.2) is 108 Å². The number of fused-ring (bicyclic) bond motifs is 1. The lowest BCUT2D eigenvalue weighted by atomic mass is 10.00. The summed E-state index contributed by atoms with van der Waals surface area (Å²) in [6.07, 6.45) is 2.99. The molecule has 8 nitrogen and oxygen atoms in total. The predicted molar refractivity (Wildman–Crippen MR) is 181 cm³/mol. The fraction of sp³-hybridized carbons (Fsp3) is 0.216. The van der Waals surface area contributed by atoms with Gasteiger partial charge in [-0.05, 0) is 90.1 Å². The molecule has 6 rings (SSSR count). The van der Waals surface area contributed by atoms with E-state index in [-0.39, 0.29) is 30.8 Å². The first kappa shape index (κ1) is 32.0. The van der Waals surface area contributed by atoms with Crippen LogP contribution in [0.4, 0.5) is 10.1 Å². The molecule has 1 heterocycles. The molecule has 0 saturated heterocycles. The lowest BCUT2D eigenvalue weighted by Crippen LogP contribution is -2.33. The van der Waals surface area contributed by atoms with Gasteiger partial charge in [0.15, 0.2) is 0 Å². The van der Waals surface area contributed by atoms with E-state index in [1.54, 1.807) is 37.4 Å². The van der Waals surface area contributed by atoms with Gasteiger partial charge in [-0.2, -0.15) is 0 Å². The van der Waals surface area contributed by atoms with Crippen LogP contribution in [0.5, 0.6) is 11.5 Å². The van der Waals surface area contributed by atoms with Crippen LogP contribution in [0.25, 0.3) is 22.3 Å². The monoisotopic (exact) mass is 654 g/mol. The maximum Gasteiger partial charge on any atom is 0.255 e. The number of hydrogen-bond donors (Lipinski definition) is 1. The van der Waals surface area contributed by atoms with Crippen molar-refractivity contribution < 1.29 is 31.5 Å². The molecule has 1 aromatic heterocycles. The lowest BCUT2D eigenvalue weighted by molar-refractivity contribution is 0.0964. The van der Waals surface area contributed by atoms with E-state index in [1.807, 2.05) is 36.4 Å². The molecular formula is C37H35FN2O6S. The Balaban J connectivity index is 1.33. The van der Waals surface area contributed by atoms with Gasteiger partial charge in [0.2, 0.25) is 10.0 Å². The number of halogens is 1. The zero-order chi connectivity index (χ0) is 33.1. The molecule has 1 aliphatic carbocycles. The molecule has 242 valence electrons. The quantitative estimate of drug-likeness (QED) is 0.130. The first-order chi connectivity index (χ1) is 22.6. The van der Waals surface area contributed by atoms with Gasteiger partial charge in [-0.25, -0.2) is 12.8 Å². The topological polar surface area (TPSA) is 98.1 Å². The molecule has 4 aromatic carbocycles. The molecule has 0 atom stereocenters. The number of benzene rings is 4. The average molecular weight is 655 g/mol. The number of amides is 1. The van der Waals surface area contributed by atoms with Crippen LogP contribution in [0.3, 0.4) is 0 Å². The average Bonchev–Trinajstić information content (AvgIpc) is 3.84. The molecule has 0 spiro atoms. The van der Waals surface area contributed by atoms with E-state index in [4.69, 9.17) is 13.9 Å². The van der Waals surface area contributed by atoms with Crippen LogP contribution in [-0.2, 0) is 21.4 Å². The molecule has 1 saturated carbocycles. The molecule has 0 radical (unpaired) electrons. The Bertz CT molecular complexity index is 2020. The minimum Gasteiger partial charge on any atom is -0.457 e. The van der Waals surface area contributed by atoms with Crippen molar-refractivity contribution in [3.05, 3.63) is 126 Å². The molecule has 47 heavy (non-hydrogen) atoms. The normalized spacial score (nSPS) is 13.0. The third kappa shape index (κ3) is 7.40. The number of hydrogen-bond acceptors (Lipinski definition) is 6. The van der Waals surface area contributed by atoms with Gasteiger partial charge in [0.05, 0.1) is 37.3 Å². The van der Waals surface area contributed by atoms with E-state index in [0.29, 0.717) is 57.2 Å². The van der Waals surface area contributed by atoms with Crippen LogP contribution in [0, 0.1) is 5.82 Å². The van der Waals surface area contributed by atoms with E-state index in [9.17, 15) is 17.6 Å². The highest BCUT2D eigenvalue weighted by Gasteiger charge is 2.33. The van der Waals surface area contributed by atoms with Gasteiger partial charge in [0.25, 0.3) is 5.91 Å². The van der Waals surface area contributed by atoms with E-state index < -0.39 is 10.0 Å². The highest BCUT2D eigenvalue weighted by atomic mass is 32.2. The first-order valence-corrected chi connectivity index (χ1v) is 17.1. The van der Waals surface area contributed by atoms with Crippen molar-refractivity contribution in [1.82, 2.24) is 5.32 Å². The Morgan fingerprint density at radius 1 is 1.00 bits per heavy atom. The van der Waals surface area contributed by atoms with Crippen molar-refractivity contribution in [1.29, 1.82) is 0 Å². The number of anilines is 1. The molecule has 0 aliphatic heterocycles. The molecule has 1 aliphatic rings. The van der Waals surface area contributed by atoms with Crippen LogP contribution in [-0.4, -0.2) is 40.8 Å². The molecule has 10 heteroatoms. The van der Waals surface area contributed by atoms with Gasteiger partial charge in [-0.15, -0.1) is 0 Å².